The lowest BCUT2D eigenvalue weighted by Gasteiger charge is -2.19. The number of ether oxygens (including phenoxy) is 4. The number of hydrogen-bond donors (Lipinski definition) is 1. The van der Waals surface area contributed by atoms with Gasteiger partial charge in [-0.2, -0.15) is 0 Å². The highest BCUT2D eigenvalue weighted by molar-refractivity contribution is 9.10. The molecule has 1 N–H and O–H groups in total. The fourth-order valence-electron chi connectivity index (χ4n) is 3.43. The molecule has 0 atom stereocenters. The van der Waals surface area contributed by atoms with Crippen molar-refractivity contribution < 1.29 is 18.9 Å². The average molecular weight is 515 g/mol. The summed E-state index contributed by atoms with van der Waals surface area (Å²) in [6.45, 7) is 5.67. The molecule has 0 aliphatic carbocycles. The van der Waals surface area contributed by atoms with E-state index < -0.39 is 0 Å². The van der Waals surface area contributed by atoms with E-state index in [-0.39, 0.29) is 12.4 Å². The summed E-state index contributed by atoms with van der Waals surface area (Å²) in [5, 5.41) is 3.52. The third kappa shape index (κ3) is 7.78. The molecule has 0 spiro atoms. The highest BCUT2D eigenvalue weighted by Gasteiger charge is 2.15. The van der Waals surface area contributed by atoms with Gasteiger partial charge in [0.05, 0.1) is 11.6 Å². The van der Waals surface area contributed by atoms with Crippen LogP contribution in [0.3, 0.4) is 0 Å². The summed E-state index contributed by atoms with van der Waals surface area (Å²) >= 11 is 3.65. The van der Waals surface area contributed by atoms with Crippen molar-refractivity contribution in [3.63, 3.8) is 0 Å². The third-order valence-electron chi connectivity index (χ3n) is 5.07. The van der Waals surface area contributed by atoms with Crippen molar-refractivity contribution in [1.82, 2.24) is 5.32 Å². The molecule has 0 saturated carbocycles. The molecule has 1 heterocycles. The van der Waals surface area contributed by atoms with Gasteiger partial charge in [-0.05, 0) is 64.3 Å². The number of nitrogens with one attached hydrogen (secondary N) is 1. The minimum Gasteiger partial charge on any atom is -0.493 e. The zero-order chi connectivity index (χ0) is 21.2. The Balaban J connectivity index is 0.00000341. The van der Waals surface area contributed by atoms with E-state index in [0.29, 0.717) is 25.6 Å². The van der Waals surface area contributed by atoms with Crippen LogP contribution in [0.25, 0.3) is 0 Å². The molecule has 2 aromatic carbocycles. The molecule has 1 aliphatic rings. The molecule has 0 saturated heterocycles. The van der Waals surface area contributed by atoms with Gasteiger partial charge in [0, 0.05) is 6.54 Å². The molecule has 0 amide bonds. The van der Waals surface area contributed by atoms with Gasteiger partial charge in [-0.1, -0.05) is 38.7 Å². The van der Waals surface area contributed by atoms with Crippen molar-refractivity contribution in [1.29, 1.82) is 0 Å². The average Bonchev–Trinajstić information content (AvgIpc) is 2.77. The topological polar surface area (TPSA) is 49.0 Å². The highest BCUT2D eigenvalue weighted by Crippen LogP contribution is 2.38. The lowest BCUT2D eigenvalue weighted by molar-refractivity contribution is 0.171. The van der Waals surface area contributed by atoms with Gasteiger partial charge in [0.2, 0.25) is 0 Å². The predicted octanol–water partition coefficient (Wildman–Crippen LogP) is 6.29. The summed E-state index contributed by atoms with van der Waals surface area (Å²) in [6.07, 6.45) is 6.45. The van der Waals surface area contributed by atoms with E-state index in [0.717, 1.165) is 40.4 Å². The molecule has 0 fully saturated rings. The Hall–Kier alpha value is -1.63. The van der Waals surface area contributed by atoms with Gasteiger partial charge < -0.3 is 24.3 Å². The van der Waals surface area contributed by atoms with Crippen LogP contribution in [0.4, 0.5) is 0 Å². The van der Waals surface area contributed by atoms with Crippen LogP contribution in [0.5, 0.6) is 23.0 Å². The van der Waals surface area contributed by atoms with E-state index in [1.165, 1.54) is 37.7 Å². The molecule has 0 unspecified atom stereocenters. The van der Waals surface area contributed by atoms with E-state index in [2.05, 4.69) is 34.2 Å². The molecular formula is C24H33BrClNO4. The molecule has 5 nitrogen and oxygen atoms in total. The Morgan fingerprint density at radius 3 is 2.52 bits per heavy atom. The van der Waals surface area contributed by atoms with Crippen molar-refractivity contribution >= 4 is 28.3 Å². The van der Waals surface area contributed by atoms with E-state index in [1.807, 2.05) is 24.3 Å². The zero-order valence-corrected chi connectivity index (χ0v) is 20.8. The van der Waals surface area contributed by atoms with Crippen LogP contribution in [0.1, 0.15) is 50.2 Å². The maximum atomic E-state index is 6.08. The third-order valence-corrected chi connectivity index (χ3v) is 5.65. The van der Waals surface area contributed by atoms with Crippen LogP contribution in [-0.2, 0) is 13.2 Å². The fourth-order valence-corrected chi connectivity index (χ4v) is 4.04. The van der Waals surface area contributed by atoms with Gasteiger partial charge in [-0.15, -0.1) is 12.4 Å². The quantitative estimate of drug-likeness (QED) is 0.337. The van der Waals surface area contributed by atoms with Crippen LogP contribution in [0.15, 0.2) is 34.8 Å². The SMILES string of the molecule is CCCCCCCNCc1cc(Br)c(OCc2ccc3c(c2)OCCO3)c(OC)c1.Cl. The number of fused-ring (bicyclic) bond motifs is 1. The standard InChI is InChI=1S/C24H32BrNO4.ClH/c1-3-4-5-6-7-10-26-16-19-13-20(25)24(23(15-19)27-2)30-17-18-8-9-21-22(14-18)29-12-11-28-21;/h8-9,13-15,26H,3-7,10-12,16-17H2,1-2H3;1H. The van der Waals surface area contributed by atoms with Crippen molar-refractivity contribution in [2.24, 2.45) is 0 Å². The van der Waals surface area contributed by atoms with Crippen molar-refractivity contribution in [2.45, 2.75) is 52.2 Å². The lowest BCUT2D eigenvalue weighted by atomic mass is 10.1. The molecule has 1 aliphatic heterocycles. The largest absolute Gasteiger partial charge is 0.493 e. The number of hydrogen-bond acceptors (Lipinski definition) is 5. The Morgan fingerprint density at radius 1 is 0.968 bits per heavy atom. The molecule has 2 aromatic rings. The van der Waals surface area contributed by atoms with E-state index >= 15 is 0 Å². The minimum absolute atomic E-state index is 0. The number of unbranched alkanes of at least 4 members (excludes halogenated alkanes) is 4. The second-order valence-electron chi connectivity index (χ2n) is 7.47. The summed E-state index contributed by atoms with van der Waals surface area (Å²) in [5.41, 5.74) is 2.18. The van der Waals surface area contributed by atoms with Gasteiger partial charge in [0.15, 0.2) is 23.0 Å². The molecular weight excluding hydrogens is 482 g/mol. The summed E-state index contributed by atoms with van der Waals surface area (Å²) in [5.74, 6) is 2.98. The molecule has 0 bridgehead atoms. The first kappa shape index (κ1) is 25.6. The number of halogens is 2. The van der Waals surface area contributed by atoms with Crippen LogP contribution < -0.4 is 24.3 Å². The summed E-state index contributed by atoms with van der Waals surface area (Å²) in [4.78, 5) is 0. The summed E-state index contributed by atoms with van der Waals surface area (Å²) in [7, 11) is 1.67. The van der Waals surface area contributed by atoms with Crippen LogP contribution in [-0.4, -0.2) is 26.9 Å². The van der Waals surface area contributed by atoms with Crippen LogP contribution in [0.2, 0.25) is 0 Å². The summed E-state index contributed by atoms with van der Waals surface area (Å²) < 4.78 is 23.8. The minimum atomic E-state index is 0. The Kier molecular flexibility index (Phi) is 11.3. The molecule has 31 heavy (non-hydrogen) atoms. The predicted molar refractivity (Wildman–Crippen MR) is 130 cm³/mol. The highest BCUT2D eigenvalue weighted by atomic mass is 79.9. The van der Waals surface area contributed by atoms with Gasteiger partial charge in [-0.25, -0.2) is 0 Å². The second kappa shape index (κ2) is 13.7. The Bertz CT molecular complexity index is 818. The lowest BCUT2D eigenvalue weighted by Crippen LogP contribution is -2.15. The Morgan fingerprint density at radius 2 is 1.74 bits per heavy atom. The maximum Gasteiger partial charge on any atom is 0.175 e. The first-order valence-electron chi connectivity index (χ1n) is 10.8. The number of rotatable bonds is 12. The van der Waals surface area contributed by atoms with Gasteiger partial charge in [-0.3, -0.25) is 0 Å². The van der Waals surface area contributed by atoms with Gasteiger partial charge >= 0.3 is 0 Å². The van der Waals surface area contributed by atoms with Gasteiger partial charge in [0.25, 0.3) is 0 Å². The molecule has 0 radical (unpaired) electrons. The Labute approximate surface area is 200 Å². The summed E-state index contributed by atoms with van der Waals surface area (Å²) in [6, 6.07) is 10.0. The van der Waals surface area contributed by atoms with E-state index in [4.69, 9.17) is 18.9 Å². The molecule has 7 heteroatoms. The van der Waals surface area contributed by atoms with Gasteiger partial charge in [0.1, 0.15) is 19.8 Å². The fraction of sp³-hybridized carbons (Fsp3) is 0.500. The first-order valence-corrected chi connectivity index (χ1v) is 11.6. The van der Waals surface area contributed by atoms with Crippen molar-refractivity contribution in [3.05, 3.63) is 45.9 Å². The van der Waals surface area contributed by atoms with Crippen molar-refractivity contribution in [2.75, 3.05) is 26.9 Å². The first-order chi connectivity index (χ1) is 14.7. The molecule has 0 aromatic heterocycles. The molecule has 3 rings (SSSR count). The van der Waals surface area contributed by atoms with Crippen LogP contribution >= 0.6 is 28.3 Å². The smallest absolute Gasteiger partial charge is 0.175 e. The molecule has 172 valence electrons. The number of methoxy groups -OCH3 is 1. The van der Waals surface area contributed by atoms with E-state index in [9.17, 15) is 0 Å². The number of benzene rings is 2. The maximum absolute atomic E-state index is 6.08. The van der Waals surface area contributed by atoms with E-state index in [1.54, 1.807) is 7.11 Å². The zero-order valence-electron chi connectivity index (χ0n) is 18.4. The van der Waals surface area contributed by atoms with Crippen molar-refractivity contribution in [3.8, 4) is 23.0 Å². The normalized spacial score (nSPS) is 12.2. The second-order valence-corrected chi connectivity index (χ2v) is 8.32. The monoisotopic (exact) mass is 513 g/mol. The van der Waals surface area contributed by atoms with Crippen LogP contribution in [0, 0.1) is 0 Å².